The average molecular weight is 330 g/mol. The number of carboxylic acid groups (broad SMARTS) is 2. The first-order chi connectivity index (χ1) is 11.6. The fourth-order valence-corrected chi connectivity index (χ4v) is 1.94. The fraction of sp³-hybridized carbons (Fsp3) is 0.333. The zero-order chi connectivity index (χ0) is 17.6. The molecular weight excluding hydrogens is 308 g/mol. The van der Waals surface area contributed by atoms with Crippen LogP contribution in [0.4, 0.5) is 0 Å². The van der Waals surface area contributed by atoms with E-state index < -0.39 is 11.9 Å². The first-order valence-electron chi connectivity index (χ1n) is 7.79. The average Bonchev–Trinajstić information content (AvgIpc) is 2.59. The molecule has 24 heavy (non-hydrogen) atoms. The van der Waals surface area contributed by atoms with E-state index in [1.54, 1.807) is 0 Å². The van der Waals surface area contributed by atoms with Crippen LogP contribution in [0.3, 0.4) is 0 Å². The van der Waals surface area contributed by atoms with Crippen LogP contribution in [-0.4, -0.2) is 32.1 Å². The third-order valence-corrected chi connectivity index (χ3v) is 3.23. The molecule has 0 spiro atoms. The zero-order valence-electron chi connectivity index (χ0n) is 13.5. The Morgan fingerprint density at radius 3 is 1.33 bits per heavy atom. The molecule has 0 aromatic carbocycles. The first-order valence-corrected chi connectivity index (χ1v) is 7.79. The molecule has 0 radical (unpaired) electrons. The molecule has 2 aromatic rings. The van der Waals surface area contributed by atoms with Gasteiger partial charge in [-0.05, 0) is 61.1 Å². The summed E-state index contributed by atoms with van der Waals surface area (Å²) >= 11 is 0. The van der Waals surface area contributed by atoms with E-state index in [1.807, 2.05) is 24.8 Å². The van der Waals surface area contributed by atoms with Gasteiger partial charge in [0.15, 0.2) is 0 Å². The van der Waals surface area contributed by atoms with Crippen LogP contribution in [0.15, 0.2) is 49.1 Å². The third-order valence-electron chi connectivity index (χ3n) is 3.23. The molecule has 0 saturated heterocycles. The second kappa shape index (κ2) is 11.8. The maximum Gasteiger partial charge on any atom is 0.303 e. The van der Waals surface area contributed by atoms with Gasteiger partial charge in [-0.2, -0.15) is 0 Å². The van der Waals surface area contributed by atoms with Gasteiger partial charge in [0, 0.05) is 37.6 Å². The summed E-state index contributed by atoms with van der Waals surface area (Å²) in [6, 6.07) is 8.23. The second-order valence-electron chi connectivity index (χ2n) is 5.21. The minimum absolute atomic E-state index is 0.0628. The van der Waals surface area contributed by atoms with E-state index in [-0.39, 0.29) is 12.8 Å². The van der Waals surface area contributed by atoms with Gasteiger partial charge in [0.1, 0.15) is 0 Å². The number of unbranched alkanes of at least 4 members (excludes halogenated alkanes) is 1. The molecule has 2 rings (SSSR count). The highest BCUT2D eigenvalue weighted by Gasteiger charge is 1.99. The largest absolute Gasteiger partial charge is 0.481 e. The van der Waals surface area contributed by atoms with Crippen molar-refractivity contribution in [3.63, 3.8) is 0 Å². The highest BCUT2D eigenvalue weighted by atomic mass is 16.4. The summed E-state index contributed by atoms with van der Waals surface area (Å²) in [4.78, 5) is 27.8. The second-order valence-corrected chi connectivity index (χ2v) is 5.21. The lowest BCUT2D eigenvalue weighted by atomic mass is 10.1. The normalized spacial score (nSPS) is 9.67. The number of aromatic nitrogens is 2. The molecule has 6 heteroatoms. The van der Waals surface area contributed by atoms with Crippen LogP contribution < -0.4 is 0 Å². The van der Waals surface area contributed by atoms with Gasteiger partial charge < -0.3 is 10.2 Å². The Bertz CT molecular complexity index is 547. The maximum absolute atomic E-state index is 9.90. The molecule has 0 aliphatic heterocycles. The number of pyridine rings is 2. The predicted molar refractivity (Wildman–Crippen MR) is 89.6 cm³/mol. The Hall–Kier alpha value is -2.76. The molecule has 0 fully saturated rings. The molecule has 0 saturated carbocycles. The van der Waals surface area contributed by atoms with Gasteiger partial charge in [0.2, 0.25) is 0 Å². The molecule has 6 nitrogen and oxygen atoms in total. The van der Waals surface area contributed by atoms with Crippen molar-refractivity contribution < 1.29 is 19.8 Å². The van der Waals surface area contributed by atoms with Gasteiger partial charge in [-0.15, -0.1) is 0 Å². The van der Waals surface area contributed by atoms with Crippen molar-refractivity contribution in [1.82, 2.24) is 9.97 Å². The van der Waals surface area contributed by atoms with E-state index in [1.165, 1.54) is 11.1 Å². The van der Waals surface area contributed by atoms with Gasteiger partial charge in [0.25, 0.3) is 0 Å². The van der Waals surface area contributed by atoms with Crippen molar-refractivity contribution in [2.45, 2.75) is 38.5 Å². The standard InChI is InChI=1S/C12H12N2.C6H10O4/c1(11-3-7-13-8-4-11)2-12-5-9-14-10-6-12;7-5(8)3-1-2-4-6(9)10/h3-10H,1-2H2;1-4H2,(H,7,8)(H,9,10). The summed E-state index contributed by atoms with van der Waals surface area (Å²) < 4.78 is 0. The number of nitrogens with zero attached hydrogens (tertiary/aromatic N) is 2. The molecule has 0 aliphatic carbocycles. The van der Waals surface area contributed by atoms with Crippen molar-refractivity contribution in [1.29, 1.82) is 0 Å². The summed E-state index contributed by atoms with van der Waals surface area (Å²) in [5.74, 6) is -1.74. The summed E-state index contributed by atoms with van der Waals surface area (Å²) in [6.45, 7) is 0. The van der Waals surface area contributed by atoms with Crippen molar-refractivity contribution in [2.24, 2.45) is 0 Å². The van der Waals surface area contributed by atoms with E-state index in [4.69, 9.17) is 10.2 Å². The minimum Gasteiger partial charge on any atom is -0.481 e. The first kappa shape index (κ1) is 19.3. The van der Waals surface area contributed by atoms with Crippen LogP contribution in [0.25, 0.3) is 0 Å². The number of carboxylic acids is 2. The lowest BCUT2D eigenvalue weighted by molar-refractivity contribution is -0.139. The minimum atomic E-state index is -0.870. The van der Waals surface area contributed by atoms with Crippen LogP contribution in [0.2, 0.25) is 0 Å². The Morgan fingerprint density at radius 1 is 0.708 bits per heavy atom. The highest BCUT2D eigenvalue weighted by molar-refractivity contribution is 5.67. The molecule has 2 heterocycles. The van der Waals surface area contributed by atoms with Crippen LogP contribution in [0.5, 0.6) is 0 Å². The number of aliphatic carboxylic acids is 2. The number of hydrogen-bond acceptors (Lipinski definition) is 4. The van der Waals surface area contributed by atoms with Crippen LogP contribution in [-0.2, 0) is 22.4 Å². The Kier molecular flexibility index (Phi) is 9.45. The number of rotatable bonds is 8. The van der Waals surface area contributed by atoms with Crippen molar-refractivity contribution >= 4 is 11.9 Å². The van der Waals surface area contributed by atoms with Crippen LogP contribution in [0.1, 0.15) is 36.8 Å². The molecule has 0 amide bonds. The van der Waals surface area contributed by atoms with Crippen molar-refractivity contribution in [3.8, 4) is 0 Å². The number of carbonyl (C=O) groups is 2. The maximum atomic E-state index is 9.90. The van der Waals surface area contributed by atoms with Gasteiger partial charge in [-0.1, -0.05) is 0 Å². The SMILES string of the molecule is O=C(O)CCCCC(=O)O.c1cc(CCc2ccncc2)ccn1. The van der Waals surface area contributed by atoms with Crippen molar-refractivity contribution in [3.05, 3.63) is 60.2 Å². The fourth-order valence-electron chi connectivity index (χ4n) is 1.94. The van der Waals surface area contributed by atoms with Gasteiger partial charge >= 0.3 is 11.9 Å². The predicted octanol–water partition coefficient (Wildman–Crippen LogP) is 2.98. The molecule has 2 N–H and O–H groups in total. The third kappa shape index (κ3) is 10.0. The Morgan fingerprint density at radius 2 is 1.04 bits per heavy atom. The summed E-state index contributed by atoms with van der Waals surface area (Å²) in [7, 11) is 0. The molecule has 0 aliphatic rings. The monoisotopic (exact) mass is 330 g/mol. The lowest BCUT2D eigenvalue weighted by Gasteiger charge is -2.00. The lowest BCUT2D eigenvalue weighted by Crippen LogP contribution is -1.97. The molecule has 128 valence electrons. The number of hydrogen-bond donors (Lipinski definition) is 2. The van der Waals surface area contributed by atoms with E-state index in [9.17, 15) is 9.59 Å². The molecule has 0 unspecified atom stereocenters. The van der Waals surface area contributed by atoms with Crippen LogP contribution in [0, 0.1) is 0 Å². The summed E-state index contributed by atoms with van der Waals surface area (Å²) in [6.07, 6.45) is 10.5. The topological polar surface area (TPSA) is 100 Å². The van der Waals surface area contributed by atoms with Crippen LogP contribution >= 0.6 is 0 Å². The smallest absolute Gasteiger partial charge is 0.303 e. The Balaban J connectivity index is 0.000000257. The van der Waals surface area contributed by atoms with E-state index in [2.05, 4.69) is 34.2 Å². The highest BCUT2D eigenvalue weighted by Crippen LogP contribution is 2.04. The van der Waals surface area contributed by atoms with E-state index >= 15 is 0 Å². The summed E-state index contributed by atoms with van der Waals surface area (Å²) in [5.41, 5.74) is 2.66. The molecule has 0 atom stereocenters. The molecule has 0 bridgehead atoms. The van der Waals surface area contributed by atoms with Gasteiger partial charge in [0.05, 0.1) is 0 Å². The van der Waals surface area contributed by atoms with E-state index in [0.717, 1.165) is 12.8 Å². The van der Waals surface area contributed by atoms with Gasteiger partial charge in [-0.3, -0.25) is 19.6 Å². The molecule has 2 aromatic heterocycles. The molecular formula is C18H22N2O4. The quantitative estimate of drug-likeness (QED) is 0.722. The summed E-state index contributed by atoms with van der Waals surface area (Å²) in [5, 5.41) is 16.3. The van der Waals surface area contributed by atoms with Gasteiger partial charge in [-0.25, -0.2) is 0 Å². The zero-order valence-corrected chi connectivity index (χ0v) is 13.5. The Labute approximate surface area is 141 Å². The van der Waals surface area contributed by atoms with E-state index in [0.29, 0.717) is 12.8 Å². The number of aryl methyl sites for hydroxylation is 2. The van der Waals surface area contributed by atoms with Crippen molar-refractivity contribution in [2.75, 3.05) is 0 Å².